The SMILES string of the molecule is CC1CN(c2ccc(C#N)cc2Br)C(C)CN1. The number of nitrogens with one attached hydrogen (secondary N) is 1. The summed E-state index contributed by atoms with van der Waals surface area (Å²) in [5.74, 6) is 0. The fourth-order valence-corrected chi connectivity index (χ4v) is 2.77. The third-order valence-electron chi connectivity index (χ3n) is 3.15. The van der Waals surface area contributed by atoms with Gasteiger partial charge in [-0.2, -0.15) is 5.26 Å². The fourth-order valence-electron chi connectivity index (χ4n) is 2.17. The van der Waals surface area contributed by atoms with Gasteiger partial charge in [0.05, 0.1) is 17.3 Å². The number of nitrogens with zero attached hydrogens (tertiary/aromatic N) is 2. The molecule has 4 heteroatoms. The number of hydrogen-bond donors (Lipinski definition) is 1. The summed E-state index contributed by atoms with van der Waals surface area (Å²) >= 11 is 3.56. The summed E-state index contributed by atoms with van der Waals surface area (Å²) in [7, 11) is 0. The van der Waals surface area contributed by atoms with Crippen LogP contribution in [0, 0.1) is 11.3 Å². The van der Waals surface area contributed by atoms with Crippen LogP contribution in [-0.2, 0) is 0 Å². The lowest BCUT2D eigenvalue weighted by Gasteiger charge is -2.39. The van der Waals surface area contributed by atoms with Crippen molar-refractivity contribution in [2.45, 2.75) is 25.9 Å². The van der Waals surface area contributed by atoms with Crippen LogP contribution < -0.4 is 10.2 Å². The van der Waals surface area contributed by atoms with E-state index in [9.17, 15) is 0 Å². The van der Waals surface area contributed by atoms with E-state index in [0.29, 0.717) is 17.6 Å². The number of halogens is 1. The summed E-state index contributed by atoms with van der Waals surface area (Å²) in [4.78, 5) is 2.38. The number of piperazine rings is 1. The molecule has 1 aromatic carbocycles. The molecule has 2 rings (SSSR count). The molecule has 0 radical (unpaired) electrons. The van der Waals surface area contributed by atoms with Gasteiger partial charge in [0, 0.05) is 29.6 Å². The standard InChI is InChI=1S/C13H16BrN3/c1-9-8-17(10(2)7-16-9)13-4-3-11(6-15)5-12(13)14/h3-5,9-10,16H,7-8H2,1-2H3. The van der Waals surface area contributed by atoms with Gasteiger partial charge in [-0.1, -0.05) is 0 Å². The zero-order chi connectivity index (χ0) is 12.4. The molecule has 1 fully saturated rings. The van der Waals surface area contributed by atoms with Gasteiger partial charge in [0.25, 0.3) is 0 Å². The van der Waals surface area contributed by atoms with Gasteiger partial charge < -0.3 is 10.2 Å². The molecule has 0 amide bonds. The van der Waals surface area contributed by atoms with Crippen LogP contribution in [0.25, 0.3) is 0 Å². The smallest absolute Gasteiger partial charge is 0.0992 e. The Morgan fingerprint density at radius 1 is 1.47 bits per heavy atom. The highest BCUT2D eigenvalue weighted by molar-refractivity contribution is 9.10. The predicted octanol–water partition coefficient (Wildman–Crippen LogP) is 2.51. The first kappa shape index (κ1) is 12.4. The van der Waals surface area contributed by atoms with Crippen LogP contribution in [0.2, 0.25) is 0 Å². The Hall–Kier alpha value is -1.05. The molecular formula is C13H16BrN3. The molecule has 1 aromatic rings. The van der Waals surface area contributed by atoms with Crippen molar-refractivity contribution in [1.82, 2.24) is 5.32 Å². The van der Waals surface area contributed by atoms with Gasteiger partial charge in [-0.15, -0.1) is 0 Å². The number of benzene rings is 1. The van der Waals surface area contributed by atoms with Gasteiger partial charge in [0.2, 0.25) is 0 Å². The maximum Gasteiger partial charge on any atom is 0.0992 e. The van der Waals surface area contributed by atoms with E-state index >= 15 is 0 Å². The van der Waals surface area contributed by atoms with Gasteiger partial charge >= 0.3 is 0 Å². The van der Waals surface area contributed by atoms with Crippen LogP contribution in [0.3, 0.4) is 0 Å². The van der Waals surface area contributed by atoms with E-state index in [-0.39, 0.29) is 0 Å². The van der Waals surface area contributed by atoms with Gasteiger partial charge in [-0.3, -0.25) is 0 Å². The second-order valence-corrected chi connectivity index (χ2v) is 5.44. The Bertz CT molecular complexity index is 452. The highest BCUT2D eigenvalue weighted by Gasteiger charge is 2.23. The topological polar surface area (TPSA) is 39.1 Å². The zero-order valence-electron chi connectivity index (χ0n) is 10.1. The summed E-state index contributed by atoms with van der Waals surface area (Å²) in [6, 6.07) is 8.90. The second-order valence-electron chi connectivity index (χ2n) is 4.59. The Morgan fingerprint density at radius 3 is 2.88 bits per heavy atom. The molecule has 0 saturated carbocycles. The molecule has 0 bridgehead atoms. The minimum Gasteiger partial charge on any atom is -0.365 e. The third-order valence-corrected chi connectivity index (χ3v) is 3.79. The van der Waals surface area contributed by atoms with E-state index in [1.54, 1.807) is 0 Å². The predicted molar refractivity (Wildman–Crippen MR) is 73.1 cm³/mol. The number of rotatable bonds is 1. The summed E-state index contributed by atoms with van der Waals surface area (Å²) < 4.78 is 0.998. The van der Waals surface area contributed by atoms with Crippen molar-refractivity contribution in [3.63, 3.8) is 0 Å². The molecule has 1 aliphatic rings. The number of nitriles is 1. The Balaban J connectivity index is 2.30. The zero-order valence-corrected chi connectivity index (χ0v) is 11.7. The first-order valence-corrected chi connectivity index (χ1v) is 6.61. The van der Waals surface area contributed by atoms with Crippen LogP contribution in [0.15, 0.2) is 22.7 Å². The van der Waals surface area contributed by atoms with Crippen molar-refractivity contribution in [3.05, 3.63) is 28.2 Å². The van der Waals surface area contributed by atoms with Crippen molar-refractivity contribution in [1.29, 1.82) is 5.26 Å². The molecule has 0 aromatic heterocycles. The molecule has 1 heterocycles. The van der Waals surface area contributed by atoms with Crippen molar-refractivity contribution >= 4 is 21.6 Å². The molecule has 3 nitrogen and oxygen atoms in total. The van der Waals surface area contributed by atoms with Crippen LogP contribution in [0.4, 0.5) is 5.69 Å². The monoisotopic (exact) mass is 293 g/mol. The maximum atomic E-state index is 8.86. The minimum atomic E-state index is 0.468. The molecule has 1 saturated heterocycles. The van der Waals surface area contributed by atoms with E-state index in [4.69, 9.17) is 5.26 Å². The third kappa shape index (κ3) is 2.62. The van der Waals surface area contributed by atoms with Crippen LogP contribution in [0.1, 0.15) is 19.4 Å². The van der Waals surface area contributed by atoms with Crippen molar-refractivity contribution < 1.29 is 0 Å². The Kier molecular flexibility index (Phi) is 3.70. The molecule has 90 valence electrons. The second kappa shape index (κ2) is 5.07. The lowest BCUT2D eigenvalue weighted by Crippen LogP contribution is -2.54. The first-order valence-electron chi connectivity index (χ1n) is 5.81. The van der Waals surface area contributed by atoms with E-state index in [1.807, 2.05) is 18.2 Å². The average Bonchev–Trinajstić information content (AvgIpc) is 2.32. The molecule has 2 unspecified atom stereocenters. The summed E-state index contributed by atoms with van der Waals surface area (Å²) in [6.45, 7) is 6.39. The van der Waals surface area contributed by atoms with E-state index in [0.717, 1.165) is 17.6 Å². The van der Waals surface area contributed by atoms with Gasteiger partial charge in [-0.05, 0) is 48.0 Å². The highest BCUT2D eigenvalue weighted by atomic mass is 79.9. The fraction of sp³-hybridized carbons (Fsp3) is 0.462. The normalized spacial score (nSPS) is 24.5. The quantitative estimate of drug-likeness (QED) is 0.865. The summed E-state index contributed by atoms with van der Waals surface area (Å²) in [5.41, 5.74) is 1.86. The van der Waals surface area contributed by atoms with Gasteiger partial charge in [-0.25, -0.2) is 0 Å². The van der Waals surface area contributed by atoms with E-state index < -0.39 is 0 Å². The molecule has 1 N–H and O–H groups in total. The van der Waals surface area contributed by atoms with Gasteiger partial charge in [0.1, 0.15) is 0 Å². The summed E-state index contributed by atoms with van der Waals surface area (Å²) in [6.07, 6.45) is 0. The van der Waals surface area contributed by atoms with E-state index in [1.165, 1.54) is 5.69 Å². The highest BCUT2D eigenvalue weighted by Crippen LogP contribution is 2.29. The van der Waals surface area contributed by atoms with Crippen LogP contribution in [-0.4, -0.2) is 25.2 Å². The van der Waals surface area contributed by atoms with Crippen molar-refractivity contribution in [3.8, 4) is 6.07 Å². The Morgan fingerprint density at radius 2 is 2.24 bits per heavy atom. The lowest BCUT2D eigenvalue weighted by atomic mass is 10.1. The van der Waals surface area contributed by atoms with E-state index in [2.05, 4.69) is 46.1 Å². The van der Waals surface area contributed by atoms with Crippen molar-refractivity contribution in [2.75, 3.05) is 18.0 Å². The Labute approximate surface area is 111 Å². The average molecular weight is 294 g/mol. The first-order chi connectivity index (χ1) is 8.11. The molecule has 2 atom stereocenters. The van der Waals surface area contributed by atoms with Crippen LogP contribution in [0.5, 0.6) is 0 Å². The summed E-state index contributed by atoms with van der Waals surface area (Å²) in [5, 5.41) is 12.3. The number of anilines is 1. The largest absolute Gasteiger partial charge is 0.365 e. The minimum absolute atomic E-state index is 0.468. The van der Waals surface area contributed by atoms with Crippen molar-refractivity contribution in [2.24, 2.45) is 0 Å². The molecule has 1 aliphatic heterocycles. The number of hydrogen-bond acceptors (Lipinski definition) is 3. The van der Waals surface area contributed by atoms with Crippen LogP contribution >= 0.6 is 15.9 Å². The maximum absolute atomic E-state index is 8.86. The molecule has 0 aliphatic carbocycles. The lowest BCUT2D eigenvalue weighted by molar-refractivity contribution is 0.425. The molecule has 17 heavy (non-hydrogen) atoms. The van der Waals surface area contributed by atoms with Gasteiger partial charge in [0.15, 0.2) is 0 Å². The molecular weight excluding hydrogens is 278 g/mol. The molecule has 0 spiro atoms.